The molecule has 2 atom stereocenters. The van der Waals surface area contributed by atoms with Crippen molar-refractivity contribution in [3.8, 4) is 0 Å². The minimum Gasteiger partial charge on any atom is -0.450 e. The molecule has 27 heavy (non-hydrogen) atoms. The van der Waals surface area contributed by atoms with Crippen LogP contribution in [0.15, 0.2) is 24.3 Å². The molecule has 1 aromatic carbocycles. The lowest BCUT2D eigenvalue weighted by Crippen LogP contribution is -2.50. The number of carbonyl (C=O) groups excluding carboxylic acids is 2. The molecule has 2 amide bonds. The third-order valence-corrected chi connectivity index (χ3v) is 6.61. The standard InChI is InChI=1S/C18H25N3O5S/c1-2-26-18(23)19-14-7-5-6-13(10-14)17(22)20-15-11-27(24,25)12-16(15)21-8-3-4-9-21/h5-7,10,15-16H,2-4,8-9,11-12H2,1H3,(H,19,23)(H,20,22)/t15-,16-/m1/s1. The van der Waals surface area contributed by atoms with Crippen LogP contribution in [0.1, 0.15) is 30.1 Å². The fourth-order valence-electron chi connectivity index (χ4n) is 3.67. The van der Waals surface area contributed by atoms with Crippen LogP contribution in [0, 0.1) is 0 Å². The summed E-state index contributed by atoms with van der Waals surface area (Å²) < 4.78 is 29.1. The Morgan fingerprint density at radius 1 is 1.22 bits per heavy atom. The zero-order valence-electron chi connectivity index (χ0n) is 15.3. The second-order valence-corrected chi connectivity index (χ2v) is 9.05. The maximum absolute atomic E-state index is 12.7. The van der Waals surface area contributed by atoms with E-state index in [1.165, 1.54) is 0 Å². The number of benzene rings is 1. The van der Waals surface area contributed by atoms with Crippen LogP contribution in [0.3, 0.4) is 0 Å². The summed E-state index contributed by atoms with van der Waals surface area (Å²) in [6.07, 6.45) is 1.52. The van der Waals surface area contributed by atoms with Crippen molar-refractivity contribution >= 4 is 27.5 Å². The Morgan fingerprint density at radius 2 is 1.96 bits per heavy atom. The van der Waals surface area contributed by atoms with Gasteiger partial charge in [0.25, 0.3) is 5.91 Å². The largest absolute Gasteiger partial charge is 0.450 e. The van der Waals surface area contributed by atoms with E-state index < -0.39 is 22.0 Å². The second kappa shape index (κ2) is 8.26. The number of ether oxygens (including phenoxy) is 1. The number of carbonyl (C=O) groups is 2. The van der Waals surface area contributed by atoms with Gasteiger partial charge >= 0.3 is 6.09 Å². The molecular formula is C18H25N3O5S. The Bertz CT molecular complexity index is 805. The van der Waals surface area contributed by atoms with Gasteiger partial charge in [0.2, 0.25) is 0 Å². The van der Waals surface area contributed by atoms with E-state index in [1.807, 2.05) is 0 Å². The molecular weight excluding hydrogens is 370 g/mol. The summed E-state index contributed by atoms with van der Waals surface area (Å²) in [4.78, 5) is 26.4. The molecule has 3 rings (SSSR count). The van der Waals surface area contributed by atoms with Crippen LogP contribution in [0.4, 0.5) is 10.5 Å². The average molecular weight is 395 g/mol. The average Bonchev–Trinajstić information content (AvgIpc) is 3.22. The fraction of sp³-hybridized carbons (Fsp3) is 0.556. The predicted octanol–water partition coefficient (Wildman–Crippen LogP) is 1.25. The van der Waals surface area contributed by atoms with Crippen molar-refractivity contribution in [1.82, 2.24) is 10.2 Å². The summed E-state index contributed by atoms with van der Waals surface area (Å²) in [6, 6.07) is 5.87. The number of hydrogen-bond acceptors (Lipinski definition) is 6. The van der Waals surface area contributed by atoms with Crippen molar-refractivity contribution in [3.63, 3.8) is 0 Å². The van der Waals surface area contributed by atoms with Crippen molar-refractivity contribution in [1.29, 1.82) is 0 Å². The van der Waals surface area contributed by atoms with Crippen LogP contribution >= 0.6 is 0 Å². The van der Waals surface area contributed by atoms with Crippen molar-refractivity contribution in [3.05, 3.63) is 29.8 Å². The zero-order chi connectivity index (χ0) is 19.4. The van der Waals surface area contributed by atoms with Gasteiger partial charge in [-0.25, -0.2) is 13.2 Å². The highest BCUT2D eigenvalue weighted by Crippen LogP contribution is 2.23. The molecule has 2 aliphatic heterocycles. The number of anilines is 1. The molecule has 148 valence electrons. The van der Waals surface area contributed by atoms with Crippen LogP contribution in [-0.2, 0) is 14.6 Å². The van der Waals surface area contributed by atoms with Gasteiger partial charge in [-0.2, -0.15) is 0 Å². The Balaban J connectivity index is 1.69. The Morgan fingerprint density at radius 3 is 2.67 bits per heavy atom. The topological polar surface area (TPSA) is 105 Å². The molecule has 0 aliphatic carbocycles. The number of nitrogens with one attached hydrogen (secondary N) is 2. The summed E-state index contributed by atoms with van der Waals surface area (Å²) in [7, 11) is -3.17. The van der Waals surface area contributed by atoms with E-state index in [0.29, 0.717) is 11.3 Å². The molecule has 0 bridgehead atoms. The number of rotatable bonds is 5. The molecule has 2 N–H and O–H groups in total. The Hall–Kier alpha value is -2.13. The van der Waals surface area contributed by atoms with E-state index in [-0.39, 0.29) is 30.1 Å². The van der Waals surface area contributed by atoms with Gasteiger partial charge in [-0.1, -0.05) is 6.07 Å². The third kappa shape index (κ3) is 4.98. The van der Waals surface area contributed by atoms with Gasteiger partial charge in [0.15, 0.2) is 9.84 Å². The van der Waals surface area contributed by atoms with E-state index in [9.17, 15) is 18.0 Å². The fourth-order valence-corrected chi connectivity index (χ4v) is 5.63. The first-order valence-electron chi connectivity index (χ1n) is 9.17. The van der Waals surface area contributed by atoms with Crippen molar-refractivity contribution in [2.75, 3.05) is 36.5 Å². The van der Waals surface area contributed by atoms with Crippen molar-refractivity contribution < 1.29 is 22.7 Å². The number of sulfone groups is 1. The smallest absolute Gasteiger partial charge is 0.411 e. The van der Waals surface area contributed by atoms with Gasteiger partial charge in [0.1, 0.15) is 0 Å². The molecule has 2 saturated heterocycles. The highest BCUT2D eigenvalue weighted by atomic mass is 32.2. The monoisotopic (exact) mass is 395 g/mol. The molecule has 2 fully saturated rings. The minimum absolute atomic E-state index is 0.0410. The molecule has 0 unspecified atom stereocenters. The normalized spacial score (nSPS) is 24.5. The SMILES string of the molecule is CCOC(=O)Nc1cccc(C(=O)N[C@@H]2CS(=O)(=O)C[C@H]2N2CCCC2)c1. The molecule has 9 heteroatoms. The number of likely N-dealkylation sites (tertiary alicyclic amines) is 1. The van der Waals surface area contributed by atoms with Crippen LogP contribution in [0.2, 0.25) is 0 Å². The van der Waals surface area contributed by atoms with Crippen LogP contribution < -0.4 is 10.6 Å². The van der Waals surface area contributed by atoms with Crippen molar-refractivity contribution in [2.45, 2.75) is 31.8 Å². The number of nitrogens with zero attached hydrogens (tertiary/aromatic N) is 1. The summed E-state index contributed by atoms with van der Waals surface area (Å²) in [5.74, 6) is -0.308. The Kier molecular flexibility index (Phi) is 6.01. The van der Waals surface area contributed by atoms with Gasteiger partial charge < -0.3 is 10.1 Å². The van der Waals surface area contributed by atoms with Gasteiger partial charge in [0, 0.05) is 17.3 Å². The summed E-state index contributed by atoms with van der Waals surface area (Å²) >= 11 is 0. The lowest BCUT2D eigenvalue weighted by Gasteiger charge is -2.28. The molecule has 0 aromatic heterocycles. The summed E-state index contributed by atoms with van der Waals surface area (Å²) in [5, 5.41) is 5.43. The molecule has 0 saturated carbocycles. The number of amides is 2. The van der Waals surface area contributed by atoms with Gasteiger partial charge in [-0.15, -0.1) is 0 Å². The van der Waals surface area contributed by atoms with E-state index in [2.05, 4.69) is 15.5 Å². The molecule has 0 spiro atoms. The second-order valence-electron chi connectivity index (χ2n) is 6.89. The van der Waals surface area contributed by atoms with Crippen LogP contribution in [-0.4, -0.2) is 68.6 Å². The molecule has 8 nitrogen and oxygen atoms in total. The Labute approximate surface area is 159 Å². The highest BCUT2D eigenvalue weighted by Gasteiger charge is 2.42. The van der Waals surface area contributed by atoms with Gasteiger partial charge in [-0.05, 0) is 51.1 Å². The van der Waals surface area contributed by atoms with Crippen LogP contribution in [0.25, 0.3) is 0 Å². The maximum Gasteiger partial charge on any atom is 0.411 e. The van der Waals surface area contributed by atoms with E-state index in [4.69, 9.17) is 4.74 Å². The first kappa shape index (κ1) is 19.6. The van der Waals surface area contributed by atoms with Crippen LogP contribution in [0.5, 0.6) is 0 Å². The minimum atomic E-state index is -3.17. The predicted molar refractivity (Wildman–Crippen MR) is 102 cm³/mol. The van der Waals surface area contributed by atoms with E-state index in [0.717, 1.165) is 25.9 Å². The molecule has 2 aliphatic rings. The van der Waals surface area contributed by atoms with Gasteiger partial charge in [-0.3, -0.25) is 15.0 Å². The highest BCUT2D eigenvalue weighted by molar-refractivity contribution is 7.91. The van der Waals surface area contributed by atoms with E-state index >= 15 is 0 Å². The maximum atomic E-state index is 12.7. The molecule has 2 heterocycles. The summed E-state index contributed by atoms with van der Waals surface area (Å²) in [6.45, 7) is 3.69. The first-order chi connectivity index (χ1) is 12.9. The van der Waals surface area contributed by atoms with Crippen molar-refractivity contribution in [2.24, 2.45) is 0 Å². The summed E-state index contributed by atoms with van der Waals surface area (Å²) in [5.41, 5.74) is 0.796. The zero-order valence-corrected chi connectivity index (χ0v) is 16.1. The van der Waals surface area contributed by atoms with Gasteiger partial charge in [0.05, 0.1) is 24.2 Å². The number of hydrogen-bond donors (Lipinski definition) is 2. The lowest BCUT2D eigenvalue weighted by atomic mass is 10.1. The third-order valence-electron chi connectivity index (χ3n) is 4.90. The quantitative estimate of drug-likeness (QED) is 0.777. The van der Waals surface area contributed by atoms with E-state index in [1.54, 1.807) is 31.2 Å². The molecule has 1 aromatic rings. The first-order valence-corrected chi connectivity index (χ1v) is 11.0. The molecule has 0 radical (unpaired) electrons. The lowest BCUT2D eigenvalue weighted by molar-refractivity contribution is 0.0918.